The van der Waals surface area contributed by atoms with Crippen molar-refractivity contribution in [3.05, 3.63) is 249 Å². The van der Waals surface area contributed by atoms with Crippen molar-refractivity contribution in [2.45, 2.75) is 0 Å². The van der Waals surface area contributed by atoms with Crippen LogP contribution in [0.2, 0.25) is 0 Å². The van der Waals surface area contributed by atoms with E-state index in [1.165, 1.54) is 58.8 Å². The third-order valence-corrected chi connectivity index (χ3v) is 14.4. The number of furan rings is 1. The molecule has 0 unspecified atom stereocenters. The zero-order chi connectivity index (χ0) is 44.3. The monoisotopic (exact) mass is 871 g/mol. The van der Waals surface area contributed by atoms with Crippen LogP contribution < -0.4 is 4.90 Å². The highest BCUT2D eigenvalue weighted by Crippen LogP contribution is 2.51. The molecule has 0 radical (unpaired) electrons. The topological polar surface area (TPSA) is 16.4 Å². The predicted molar refractivity (Wildman–Crippen MR) is 286 cm³/mol. The van der Waals surface area contributed by atoms with Crippen LogP contribution in [0.25, 0.3) is 109 Å². The molecule has 0 bridgehead atoms. The smallest absolute Gasteiger partial charge is 0.145 e. The van der Waals surface area contributed by atoms with Crippen molar-refractivity contribution in [1.82, 2.24) is 0 Å². The van der Waals surface area contributed by atoms with Gasteiger partial charge in [0.25, 0.3) is 0 Å². The van der Waals surface area contributed by atoms with Gasteiger partial charge in [0, 0.05) is 36.8 Å². The molecule has 13 rings (SSSR count). The molecule has 0 saturated heterocycles. The third-order valence-electron chi connectivity index (χ3n) is 13.3. The Hall–Kier alpha value is -8.50. The molecular weight excluding hydrogens is 831 g/mol. The van der Waals surface area contributed by atoms with Gasteiger partial charge in [0.1, 0.15) is 11.2 Å². The van der Waals surface area contributed by atoms with Crippen molar-refractivity contribution in [1.29, 1.82) is 0 Å². The molecule has 2 nitrogen and oxygen atoms in total. The lowest BCUT2D eigenvalue weighted by Crippen LogP contribution is -2.11. The Morgan fingerprint density at radius 3 is 1.61 bits per heavy atom. The van der Waals surface area contributed by atoms with Crippen molar-refractivity contribution >= 4 is 81.3 Å². The molecule has 314 valence electrons. The molecule has 0 aliphatic heterocycles. The molecule has 67 heavy (non-hydrogen) atoms. The van der Waals surface area contributed by atoms with Gasteiger partial charge in [-0.3, -0.25) is 0 Å². The van der Waals surface area contributed by atoms with Gasteiger partial charge >= 0.3 is 0 Å². The Morgan fingerprint density at radius 2 is 0.896 bits per heavy atom. The van der Waals surface area contributed by atoms with Gasteiger partial charge in [0.2, 0.25) is 0 Å². The van der Waals surface area contributed by atoms with Crippen LogP contribution in [0.1, 0.15) is 0 Å². The van der Waals surface area contributed by atoms with Crippen LogP contribution in [0.15, 0.2) is 253 Å². The zero-order valence-electron chi connectivity index (χ0n) is 36.4. The van der Waals surface area contributed by atoms with Crippen molar-refractivity contribution in [2.75, 3.05) is 4.90 Å². The highest BCUT2D eigenvalue weighted by Gasteiger charge is 2.25. The molecule has 13 aromatic rings. The van der Waals surface area contributed by atoms with Gasteiger partial charge in [-0.25, -0.2) is 0 Å². The summed E-state index contributed by atoms with van der Waals surface area (Å²) in [5.74, 6) is 0. The van der Waals surface area contributed by atoms with E-state index in [4.69, 9.17) is 4.42 Å². The van der Waals surface area contributed by atoms with E-state index in [1.54, 1.807) is 0 Å². The summed E-state index contributed by atoms with van der Waals surface area (Å²) in [6, 6.07) is 90.0. The van der Waals surface area contributed by atoms with Crippen LogP contribution >= 0.6 is 11.3 Å². The molecule has 0 amide bonds. The fraction of sp³-hybridized carbons (Fsp3) is 0. The van der Waals surface area contributed by atoms with E-state index < -0.39 is 0 Å². The van der Waals surface area contributed by atoms with Gasteiger partial charge in [-0.15, -0.1) is 11.3 Å². The molecule has 0 aliphatic rings. The molecule has 3 heteroatoms. The van der Waals surface area contributed by atoms with Crippen LogP contribution in [0.3, 0.4) is 0 Å². The van der Waals surface area contributed by atoms with E-state index in [0.717, 1.165) is 66.8 Å². The van der Waals surface area contributed by atoms with E-state index in [-0.39, 0.29) is 0 Å². The third kappa shape index (κ3) is 6.71. The van der Waals surface area contributed by atoms with Crippen LogP contribution in [0.4, 0.5) is 17.1 Å². The maximum absolute atomic E-state index is 7.10. The van der Waals surface area contributed by atoms with Gasteiger partial charge in [0.15, 0.2) is 0 Å². The fourth-order valence-electron chi connectivity index (χ4n) is 10.1. The SMILES string of the molecule is c1ccc(-c2ccc3c(c2)oc2c(-c4ccccc4)ccc(N(c4ccc(-c5ccc6ccccc6c5-c5ccccc5)cc4)c4cccc5sc6cc(-c7ccccc7)ccc6c45)c23)cc1. The first kappa shape index (κ1) is 38.9. The maximum Gasteiger partial charge on any atom is 0.145 e. The Labute approximate surface area is 392 Å². The molecule has 11 aromatic carbocycles. The number of thiophene rings is 1. The number of benzene rings is 11. The van der Waals surface area contributed by atoms with E-state index in [2.05, 4.69) is 254 Å². The van der Waals surface area contributed by atoms with E-state index in [1.807, 2.05) is 11.3 Å². The van der Waals surface area contributed by atoms with Gasteiger partial charge < -0.3 is 9.32 Å². The minimum atomic E-state index is 0.855. The van der Waals surface area contributed by atoms with E-state index >= 15 is 0 Å². The second-order valence-corrected chi connectivity index (χ2v) is 18.3. The summed E-state index contributed by atoms with van der Waals surface area (Å²) < 4.78 is 9.60. The van der Waals surface area contributed by atoms with Gasteiger partial charge in [-0.1, -0.05) is 194 Å². The Balaban J connectivity index is 1.06. The lowest BCUT2D eigenvalue weighted by molar-refractivity contribution is 0.670. The Morgan fingerprint density at radius 1 is 0.328 bits per heavy atom. The number of nitrogens with zero attached hydrogens (tertiary/aromatic N) is 1. The largest absolute Gasteiger partial charge is 0.455 e. The average molecular weight is 872 g/mol. The molecule has 0 aliphatic carbocycles. The molecule has 2 heterocycles. The zero-order valence-corrected chi connectivity index (χ0v) is 37.3. The standard InChI is InChI=1S/C64H41NOS/c1-5-16-42(17-6-1)48-31-36-54-58(40-48)66-64-53(44-20-9-3-10-21-44)38-39-57(63(54)64)65(56-26-15-27-59-62(56)55-37-32-49(41-60(55)67-59)43-18-7-2-8-19-43)50-33-28-46(29-34-50)52-35-30-45-22-13-14-25-51(45)61(52)47-23-11-4-12-24-47/h1-41H. The number of hydrogen-bond acceptors (Lipinski definition) is 3. The second-order valence-electron chi connectivity index (χ2n) is 17.2. The summed E-state index contributed by atoms with van der Waals surface area (Å²) in [7, 11) is 0. The molecular formula is C64H41NOS. The summed E-state index contributed by atoms with van der Waals surface area (Å²) in [6.45, 7) is 0. The molecule has 0 spiro atoms. The molecule has 0 N–H and O–H groups in total. The Kier molecular flexibility index (Phi) is 9.40. The van der Waals surface area contributed by atoms with E-state index in [9.17, 15) is 0 Å². The van der Waals surface area contributed by atoms with Gasteiger partial charge in [-0.2, -0.15) is 0 Å². The van der Waals surface area contributed by atoms with Crippen molar-refractivity contribution in [3.63, 3.8) is 0 Å². The predicted octanol–water partition coefficient (Wildman–Crippen LogP) is 18.9. The van der Waals surface area contributed by atoms with Crippen molar-refractivity contribution < 1.29 is 4.42 Å². The second kappa shape index (κ2) is 16.2. The first-order valence-corrected chi connectivity index (χ1v) is 23.6. The maximum atomic E-state index is 7.10. The fourth-order valence-corrected chi connectivity index (χ4v) is 11.3. The number of anilines is 3. The van der Waals surface area contributed by atoms with Gasteiger partial charge in [0.05, 0.1) is 16.8 Å². The number of rotatable bonds is 8. The molecule has 0 fully saturated rings. The minimum absolute atomic E-state index is 0.855. The van der Waals surface area contributed by atoms with Crippen LogP contribution in [0, 0.1) is 0 Å². The number of fused-ring (bicyclic) bond motifs is 7. The normalized spacial score (nSPS) is 11.6. The summed E-state index contributed by atoms with van der Waals surface area (Å²) >= 11 is 1.85. The van der Waals surface area contributed by atoms with Crippen molar-refractivity contribution in [3.8, 4) is 55.6 Å². The molecule has 0 atom stereocenters. The minimum Gasteiger partial charge on any atom is -0.455 e. The highest BCUT2D eigenvalue weighted by atomic mass is 32.1. The summed E-state index contributed by atoms with van der Waals surface area (Å²) in [5.41, 5.74) is 16.6. The highest BCUT2D eigenvalue weighted by molar-refractivity contribution is 7.26. The first-order valence-electron chi connectivity index (χ1n) is 22.8. The first-order chi connectivity index (χ1) is 33.2. The van der Waals surface area contributed by atoms with Crippen LogP contribution in [0.5, 0.6) is 0 Å². The van der Waals surface area contributed by atoms with Crippen LogP contribution in [-0.2, 0) is 0 Å². The van der Waals surface area contributed by atoms with Crippen LogP contribution in [-0.4, -0.2) is 0 Å². The summed E-state index contributed by atoms with van der Waals surface area (Å²) in [6.07, 6.45) is 0. The molecule has 0 saturated carbocycles. The van der Waals surface area contributed by atoms with E-state index in [0.29, 0.717) is 0 Å². The summed E-state index contributed by atoms with van der Waals surface area (Å²) in [5, 5.41) is 7.08. The molecule has 2 aromatic heterocycles. The summed E-state index contributed by atoms with van der Waals surface area (Å²) in [4.78, 5) is 2.47. The lowest BCUT2D eigenvalue weighted by atomic mass is 9.89. The van der Waals surface area contributed by atoms with Crippen molar-refractivity contribution in [2.24, 2.45) is 0 Å². The average Bonchev–Trinajstić information content (AvgIpc) is 3.98. The lowest BCUT2D eigenvalue weighted by Gasteiger charge is -2.28. The number of hydrogen-bond donors (Lipinski definition) is 0. The quantitative estimate of drug-likeness (QED) is 0.151. The Bertz CT molecular complexity index is 3950. The van der Waals surface area contributed by atoms with Gasteiger partial charge in [-0.05, 0) is 115 Å².